The molecule has 0 aromatic rings. The summed E-state index contributed by atoms with van der Waals surface area (Å²) in [4.78, 5) is 11.7. The van der Waals surface area contributed by atoms with E-state index in [4.69, 9.17) is 4.74 Å². The minimum Gasteiger partial charge on any atom is -0.465 e. The van der Waals surface area contributed by atoms with E-state index in [-0.39, 0.29) is 12.0 Å². The van der Waals surface area contributed by atoms with Crippen molar-refractivity contribution in [2.45, 2.75) is 45.6 Å². The largest absolute Gasteiger partial charge is 0.465 e. The maximum atomic E-state index is 11.7. The van der Waals surface area contributed by atoms with E-state index in [1.165, 1.54) is 12.8 Å². The van der Waals surface area contributed by atoms with Gasteiger partial charge in [-0.25, -0.2) is 0 Å². The quantitative estimate of drug-likeness (QED) is 0.726. The Balaban J connectivity index is 2.47. The van der Waals surface area contributed by atoms with Gasteiger partial charge in [0.15, 0.2) is 0 Å². The van der Waals surface area contributed by atoms with E-state index in [1.807, 2.05) is 14.0 Å². The third-order valence-electron chi connectivity index (χ3n) is 3.38. The van der Waals surface area contributed by atoms with Gasteiger partial charge in [0.25, 0.3) is 0 Å². The van der Waals surface area contributed by atoms with Gasteiger partial charge in [0.2, 0.25) is 0 Å². The van der Waals surface area contributed by atoms with Crippen molar-refractivity contribution in [1.29, 1.82) is 0 Å². The molecule has 1 atom stereocenters. The average molecular weight is 213 g/mol. The van der Waals surface area contributed by atoms with Gasteiger partial charge in [-0.1, -0.05) is 19.8 Å². The average Bonchev–Trinajstić information content (AvgIpc) is 2.22. The molecule has 1 N–H and O–H groups in total. The molecule has 0 radical (unpaired) electrons. The predicted molar refractivity (Wildman–Crippen MR) is 60.6 cm³/mol. The molecule has 1 saturated carbocycles. The van der Waals surface area contributed by atoms with Gasteiger partial charge in [-0.05, 0) is 38.6 Å². The topological polar surface area (TPSA) is 38.3 Å². The van der Waals surface area contributed by atoms with Crippen LogP contribution in [0.15, 0.2) is 0 Å². The minimum absolute atomic E-state index is 0.0837. The number of carbonyl (C=O) groups is 1. The molecule has 1 unspecified atom stereocenters. The fraction of sp³-hybridized carbons (Fsp3) is 0.917. The van der Waals surface area contributed by atoms with Crippen LogP contribution in [0.3, 0.4) is 0 Å². The first-order chi connectivity index (χ1) is 7.19. The van der Waals surface area contributed by atoms with Crippen molar-refractivity contribution in [2.75, 3.05) is 13.7 Å². The predicted octanol–water partition coefficient (Wildman–Crippen LogP) is 1.96. The Kier molecular flexibility index (Phi) is 5.09. The molecule has 1 aliphatic carbocycles. The van der Waals surface area contributed by atoms with Crippen LogP contribution in [0.1, 0.15) is 39.5 Å². The SMILES string of the molecule is CCOC(=O)C(NC)C1CCC(C)CC1. The van der Waals surface area contributed by atoms with Crippen molar-refractivity contribution in [3.8, 4) is 0 Å². The molecule has 0 aromatic carbocycles. The highest BCUT2D eigenvalue weighted by Crippen LogP contribution is 2.30. The number of carbonyl (C=O) groups excluding carboxylic acids is 1. The van der Waals surface area contributed by atoms with E-state index in [0.29, 0.717) is 12.5 Å². The second-order valence-electron chi connectivity index (χ2n) is 4.54. The van der Waals surface area contributed by atoms with Gasteiger partial charge < -0.3 is 10.1 Å². The molecular weight excluding hydrogens is 190 g/mol. The number of esters is 1. The highest BCUT2D eigenvalue weighted by atomic mass is 16.5. The lowest BCUT2D eigenvalue weighted by molar-refractivity contribution is -0.147. The van der Waals surface area contributed by atoms with Crippen molar-refractivity contribution in [1.82, 2.24) is 5.32 Å². The molecule has 0 amide bonds. The Hall–Kier alpha value is -0.570. The van der Waals surface area contributed by atoms with Crippen molar-refractivity contribution in [3.63, 3.8) is 0 Å². The number of likely N-dealkylation sites (N-methyl/N-ethyl adjacent to an activating group) is 1. The summed E-state index contributed by atoms with van der Waals surface area (Å²) in [5.74, 6) is 1.20. The summed E-state index contributed by atoms with van der Waals surface area (Å²) in [5, 5.41) is 3.10. The van der Waals surface area contributed by atoms with Crippen LogP contribution < -0.4 is 5.32 Å². The van der Waals surface area contributed by atoms with Gasteiger partial charge in [0.05, 0.1) is 6.61 Å². The van der Waals surface area contributed by atoms with E-state index >= 15 is 0 Å². The van der Waals surface area contributed by atoms with Gasteiger partial charge in [0, 0.05) is 0 Å². The number of ether oxygens (including phenoxy) is 1. The lowest BCUT2D eigenvalue weighted by Crippen LogP contribution is -2.43. The first-order valence-electron chi connectivity index (χ1n) is 6.03. The van der Waals surface area contributed by atoms with Crippen LogP contribution in [0.4, 0.5) is 0 Å². The molecule has 88 valence electrons. The molecule has 1 aliphatic rings. The zero-order valence-electron chi connectivity index (χ0n) is 10.1. The van der Waals surface area contributed by atoms with Crippen molar-refractivity contribution < 1.29 is 9.53 Å². The Morgan fingerprint density at radius 2 is 2.00 bits per heavy atom. The zero-order chi connectivity index (χ0) is 11.3. The molecule has 1 rings (SSSR count). The molecule has 0 saturated heterocycles. The molecule has 1 fully saturated rings. The van der Waals surface area contributed by atoms with E-state index < -0.39 is 0 Å². The van der Waals surface area contributed by atoms with E-state index in [9.17, 15) is 4.79 Å². The first-order valence-corrected chi connectivity index (χ1v) is 6.03. The highest BCUT2D eigenvalue weighted by Gasteiger charge is 2.30. The van der Waals surface area contributed by atoms with E-state index in [1.54, 1.807) is 0 Å². The summed E-state index contributed by atoms with van der Waals surface area (Å²) in [7, 11) is 1.85. The summed E-state index contributed by atoms with van der Waals surface area (Å²) >= 11 is 0. The van der Waals surface area contributed by atoms with Crippen molar-refractivity contribution in [2.24, 2.45) is 11.8 Å². The summed E-state index contributed by atoms with van der Waals surface area (Å²) in [6.07, 6.45) is 4.77. The summed E-state index contributed by atoms with van der Waals surface area (Å²) < 4.78 is 5.07. The van der Waals surface area contributed by atoms with Gasteiger partial charge in [-0.2, -0.15) is 0 Å². The Morgan fingerprint density at radius 1 is 1.40 bits per heavy atom. The Labute approximate surface area is 92.6 Å². The van der Waals surface area contributed by atoms with Crippen LogP contribution in [-0.4, -0.2) is 25.7 Å². The molecule has 3 nitrogen and oxygen atoms in total. The Bertz CT molecular complexity index is 198. The summed E-state index contributed by atoms with van der Waals surface area (Å²) in [6.45, 7) is 4.61. The molecule has 0 aromatic heterocycles. The molecule has 0 aliphatic heterocycles. The molecule has 15 heavy (non-hydrogen) atoms. The van der Waals surface area contributed by atoms with E-state index in [0.717, 1.165) is 18.8 Å². The smallest absolute Gasteiger partial charge is 0.323 e. The van der Waals surface area contributed by atoms with Gasteiger partial charge in [-0.3, -0.25) is 4.79 Å². The lowest BCUT2D eigenvalue weighted by atomic mass is 9.79. The Morgan fingerprint density at radius 3 is 2.47 bits per heavy atom. The van der Waals surface area contributed by atoms with Gasteiger partial charge in [0.1, 0.15) is 6.04 Å². The maximum absolute atomic E-state index is 11.7. The van der Waals surface area contributed by atoms with Crippen molar-refractivity contribution >= 4 is 5.97 Å². The molecule has 0 heterocycles. The number of hydrogen-bond donors (Lipinski definition) is 1. The van der Waals surface area contributed by atoms with E-state index in [2.05, 4.69) is 12.2 Å². The fourth-order valence-electron chi connectivity index (χ4n) is 2.40. The van der Waals surface area contributed by atoms with Crippen LogP contribution in [0, 0.1) is 11.8 Å². The molecule has 0 spiro atoms. The highest BCUT2D eigenvalue weighted by molar-refractivity contribution is 5.76. The number of rotatable bonds is 4. The van der Waals surface area contributed by atoms with Crippen LogP contribution in [0.25, 0.3) is 0 Å². The standard InChI is InChI=1S/C12H23NO2/c1-4-15-12(14)11(13-3)10-7-5-9(2)6-8-10/h9-11,13H,4-8H2,1-3H3. The number of nitrogens with one attached hydrogen (secondary N) is 1. The van der Waals surface area contributed by atoms with Crippen LogP contribution in [-0.2, 0) is 9.53 Å². The second kappa shape index (κ2) is 6.11. The lowest BCUT2D eigenvalue weighted by Gasteiger charge is -2.31. The second-order valence-corrected chi connectivity index (χ2v) is 4.54. The molecular formula is C12H23NO2. The molecule has 0 bridgehead atoms. The normalized spacial score (nSPS) is 28.5. The first kappa shape index (κ1) is 12.5. The zero-order valence-corrected chi connectivity index (χ0v) is 10.1. The minimum atomic E-state index is -0.0996. The maximum Gasteiger partial charge on any atom is 0.323 e. The number of hydrogen-bond acceptors (Lipinski definition) is 3. The summed E-state index contributed by atoms with van der Waals surface area (Å²) in [5.41, 5.74) is 0. The third-order valence-corrected chi connectivity index (χ3v) is 3.38. The molecule has 3 heteroatoms. The van der Waals surface area contributed by atoms with Crippen LogP contribution in [0.5, 0.6) is 0 Å². The van der Waals surface area contributed by atoms with Gasteiger partial charge >= 0.3 is 5.97 Å². The van der Waals surface area contributed by atoms with Gasteiger partial charge in [-0.15, -0.1) is 0 Å². The fourth-order valence-corrected chi connectivity index (χ4v) is 2.40. The van der Waals surface area contributed by atoms with Crippen molar-refractivity contribution in [3.05, 3.63) is 0 Å². The third kappa shape index (κ3) is 3.49. The monoisotopic (exact) mass is 213 g/mol. The van der Waals surface area contributed by atoms with Crippen LogP contribution in [0.2, 0.25) is 0 Å². The van der Waals surface area contributed by atoms with Crippen LogP contribution >= 0.6 is 0 Å². The summed E-state index contributed by atoms with van der Waals surface area (Å²) in [6, 6.07) is -0.0996.